The molecule has 0 amide bonds. The summed E-state index contributed by atoms with van der Waals surface area (Å²) in [5, 5.41) is 1.97. The minimum absolute atomic E-state index is 0.0917. The highest BCUT2D eigenvalue weighted by Crippen LogP contribution is 2.38. The summed E-state index contributed by atoms with van der Waals surface area (Å²) >= 11 is 1.58. The normalized spacial score (nSPS) is 19.4. The van der Waals surface area contributed by atoms with Crippen molar-refractivity contribution in [2.45, 2.75) is 30.7 Å². The number of rotatable bonds is 4. The van der Waals surface area contributed by atoms with Crippen LogP contribution >= 0.6 is 11.3 Å². The van der Waals surface area contributed by atoms with Crippen molar-refractivity contribution in [3.05, 3.63) is 52.2 Å². The van der Waals surface area contributed by atoms with Gasteiger partial charge in [-0.25, -0.2) is 8.42 Å². The van der Waals surface area contributed by atoms with Crippen LogP contribution in [0.3, 0.4) is 0 Å². The van der Waals surface area contributed by atoms with Crippen molar-refractivity contribution >= 4 is 27.1 Å². The molecule has 1 saturated heterocycles. The Bertz CT molecular complexity index is 781. The Labute approximate surface area is 134 Å². The lowest BCUT2D eigenvalue weighted by molar-refractivity contribution is 0.101. The lowest BCUT2D eigenvalue weighted by atomic mass is 10.2. The van der Waals surface area contributed by atoms with E-state index in [4.69, 9.17) is 0 Å². The SMILES string of the molecule is CC(=O)c1cccc(S(=O)(=O)N2CCC[C@@H]2c2cccs2)c1. The molecule has 0 aliphatic carbocycles. The highest BCUT2D eigenvalue weighted by molar-refractivity contribution is 7.89. The van der Waals surface area contributed by atoms with Crippen LogP contribution in [0.15, 0.2) is 46.7 Å². The fourth-order valence-electron chi connectivity index (χ4n) is 2.80. The Morgan fingerprint density at radius 1 is 1.27 bits per heavy atom. The predicted octanol–water partition coefficient (Wildman–Crippen LogP) is 3.48. The van der Waals surface area contributed by atoms with E-state index < -0.39 is 10.0 Å². The standard InChI is InChI=1S/C16H17NO3S2/c1-12(18)13-5-2-6-14(11-13)22(19,20)17-9-3-7-15(17)16-8-4-10-21-16/h2,4-6,8,10-11,15H,3,7,9H2,1H3/t15-/m1/s1. The van der Waals surface area contributed by atoms with Crippen molar-refractivity contribution in [3.8, 4) is 0 Å². The molecule has 3 rings (SSSR count). The highest BCUT2D eigenvalue weighted by Gasteiger charge is 2.36. The molecule has 1 aliphatic heterocycles. The van der Waals surface area contributed by atoms with E-state index in [1.54, 1.807) is 33.8 Å². The number of carbonyl (C=O) groups excluding carboxylic acids is 1. The van der Waals surface area contributed by atoms with Gasteiger partial charge in [0.1, 0.15) is 0 Å². The zero-order chi connectivity index (χ0) is 15.7. The second kappa shape index (κ2) is 5.95. The van der Waals surface area contributed by atoms with Crippen LogP contribution in [-0.4, -0.2) is 25.1 Å². The first kappa shape index (κ1) is 15.4. The zero-order valence-electron chi connectivity index (χ0n) is 12.2. The Kier molecular flexibility index (Phi) is 4.16. The predicted molar refractivity (Wildman–Crippen MR) is 86.6 cm³/mol. The van der Waals surface area contributed by atoms with Crippen molar-refractivity contribution in [1.29, 1.82) is 0 Å². The van der Waals surface area contributed by atoms with E-state index in [9.17, 15) is 13.2 Å². The summed E-state index contributed by atoms with van der Waals surface area (Å²) in [6, 6.07) is 10.1. The van der Waals surface area contributed by atoms with Crippen LogP contribution in [0, 0.1) is 0 Å². The maximum Gasteiger partial charge on any atom is 0.243 e. The number of carbonyl (C=O) groups is 1. The fraction of sp³-hybridized carbons (Fsp3) is 0.312. The van der Waals surface area contributed by atoms with Gasteiger partial charge in [0.2, 0.25) is 10.0 Å². The van der Waals surface area contributed by atoms with Crippen LogP contribution in [0.5, 0.6) is 0 Å². The molecule has 6 heteroatoms. The zero-order valence-corrected chi connectivity index (χ0v) is 13.9. The van der Waals surface area contributed by atoms with Crippen LogP contribution in [0.2, 0.25) is 0 Å². The molecule has 1 aromatic heterocycles. The summed E-state index contributed by atoms with van der Waals surface area (Å²) in [5.74, 6) is -0.131. The van der Waals surface area contributed by atoms with E-state index in [0.717, 1.165) is 17.7 Å². The van der Waals surface area contributed by atoms with Crippen molar-refractivity contribution in [1.82, 2.24) is 4.31 Å². The summed E-state index contributed by atoms with van der Waals surface area (Å²) in [6.07, 6.45) is 1.69. The molecule has 0 spiro atoms. The van der Waals surface area contributed by atoms with Gasteiger partial charge in [-0.2, -0.15) is 4.31 Å². The monoisotopic (exact) mass is 335 g/mol. The second-order valence-corrected chi connectivity index (χ2v) is 8.24. The minimum Gasteiger partial charge on any atom is -0.295 e. The van der Waals surface area contributed by atoms with Gasteiger partial charge in [0.25, 0.3) is 0 Å². The average Bonchev–Trinajstić information content (AvgIpc) is 3.18. The maximum absolute atomic E-state index is 12.9. The van der Waals surface area contributed by atoms with Gasteiger partial charge < -0.3 is 0 Å². The molecule has 116 valence electrons. The number of benzene rings is 1. The summed E-state index contributed by atoms with van der Waals surface area (Å²) in [7, 11) is -3.58. The second-order valence-electron chi connectivity index (χ2n) is 5.37. The Balaban J connectivity index is 1.99. The molecular weight excluding hydrogens is 318 g/mol. The molecule has 0 N–H and O–H groups in total. The van der Waals surface area contributed by atoms with E-state index in [1.165, 1.54) is 13.0 Å². The van der Waals surface area contributed by atoms with Crippen LogP contribution < -0.4 is 0 Å². The molecule has 0 radical (unpaired) electrons. The number of thiophene rings is 1. The van der Waals surface area contributed by atoms with Crippen LogP contribution in [-0.2, 0) is 10.0 Å². The fourth-order valence-corrected chi connectivity index (χ4v) is 5.46. The Morgan fingerprint density at radius 2 is 2.09 bits per heavy atom. The van der Waals surface area contributed by atoms with Crippen LogP contribution in [0.1, 0.15) is 41.0 Å². The summed E-state index contributed by atoms with van der Waals surface area (Å²) < 4.78 is 27.4. The number of hydrogen-bond acceptors (Lipinski definition) is 4. The molecule has 1 atom stereocenters. The molecule has 1 fully saturated rings. The quantitative estimate of drug-likeness (QED) is 0.804. The van der Waals surface area contributed by atoms with Gasteiger partial charge in [0.05, 0.1) is 10.9 Å². The van der Waals surface area contributed by atoms with Crippen molar-refractivity contribution in [3.63, 3.8) is 0 Å². The first-order chi connectivity index (χ1) is 10.5. The van der Waals surface area contributed by atoms with Gasteiger partial charge in [-0.3, -0.25) is 4.79 Å². The van der Waals surface area contributed by atoms with Gasteiger partial charge in [-0.1, -0.05) is 18.2 Å². The third-order valence-electron chi connectivity index (χ3n) is 3.92. The van der Waals surface area contributed by atoms with E-state index in [0.29, 0.717) is 12.1 Å². The third kappa shape index (κ3) is 2.74. The molecule has 2 aromatic rings. The molecular formula is C16H17NO3S2. The third-order valence-corrected chi connectivity index (χ3v) is 6.80. The number of nitrogens with zero attached hydrogens (tertiary/aromatic N) is 1. The molecule has 22 heavy (non-hydrogen) atoms. The molecule has 0 saturated carbocycles. The maximum atomic E-state index is 12.9. The first-order valence-corrected chi connectivity index (χ1v) is 9.48. The number of hydrogen-bond donors (Lipinski definition) is 0. The van der Waals surface area contributed by atoms with E-state index in [2.05, 4.69) is 0 Å². The number of sulfonamides is 1. The molecule has 0 unspecified atom stereocenters. The summed E-state index contributed by atoms with van der Waals surface area (Å²) in [6.45, 7) is 1.96. The van der Waals surface area contributed by atoms with Crippen molar-refractivity contribution < 1.29 is 13.2 Å². The van der Waals surface area contributed by atoms with Gasteiger partial charge in [-0.15, -0.1) is 11.3 Å². The van der Waals surface area contributed by atoms with Crippen LogP contribution in [0.25, 0.3) is 0 Å². The highest BCUT2D eigenvalue weighted by atomic mass is 32.2. The molecule has 1 aliphatic rings. The largest absolute Gasteiger partial charge is 0.295 e. The lowest BCUT2D eigenvalue weighted by Crippen LogP contribution is -2.30. The van der Waals surface area contributed by atoms with Gasteiger partial charge in [-0.05, 0) is 43.3 Å². The molecule has 0 bridgehead atoms. The Hall–Kier alpha value is -1.50. The Morgan fingerprint density at radius 3 is 2.77 bits per heavy atom. The van der Waals surface area contributed by atoms with E-state index in [1.807, 2.05) is 17.5 Å². The van der Waals surface area contributed by atoms with E-state index in [-0.39, 0.29) is 16.7 Å². The number of Topliss-reactive ketones (excluding diaryl/α,β-unsaturated/α-hetero) is 1. The smallest absolute Gasteiger partial charge is 0.243 e. The average molecular weight is 335 g/mol. The summed E-state index contributed by atoms with van der Waals surface area (Å²) in [5.41, 5.74) is 0.424. The van der Waals surface area contributed by atoms with Crippen molar-refractivity contribution in [2.75, 3.05) is 6.54 Å². The molecule has 1 aromatic carbocycles. The molecule has 4 nitrogen and oxygen atoms in total. The number of ketones is 1. The van der Waals surface area contributed by atoms with Gasteiger partial charge in [0.15, 0.2) is 5.78 Å². The van der Waals surface area contributed by atoms with E-state index >= 15 is 0 Å². The lowest BCUT2D eigenvalue weighted by Gasteiger charge is -2.23. The minimum atomic E-state index is -3.58. The van der Waals surface area contributed by atoms with Crippen LogP contribution in [0.4, 0.5) is 0 Å². The van der Waals surface area contributed by atoms with Gasteiger partial charge >= 0.3 is 0 Å². The summed E-state index contributed by atoms with van der Waals surface area (Å²) in [4.78, 5) is 12.8. The molecule has 2 heterocycles. The van der Waals surface area contributed by atoms with Gasteiger partial charge in [0, 0.05) is 17.0 Å². The first-order valence-electron chi connectivity index (χ1n) is 7.16. The van der Waals surface area contributed by atoms with Crippen molar-refractivity contribution in [2.24, 2.45) is 0 Å². The topological polar surface area (TPSA) is 54.5 Å².